The van der Waals surface area contributed by atoms with Crippen LogP contribution in [0.15, 0.2) is 65.3 Å². The standard InChI is InChI=1S/C28H28N4O3S2/c33-22-7-4-12-32(22)13-14-34-21-10-8-20(9-11-21)26-24(19-5-2-1-3-6-19)25-27(30-18-31-28(25)35-26)29-17-23-36-15-16-37-23/h1-3,5-6,8-11,18,23H,4,7,12-17H2,(H,29,30,31). The number of carbonyl (C=O) groups is 1. The van der Waals surface area contributed by atoms with Crippen LogP contribution in [-0.4, -0.2) is 63.1 Å². The average Bonchev–Trinajstić information content (AvgIpc) is 3.69. The van der Waals surface area contributed by atoms with Gasteiger partial charge in [-0.3, -0.25) is 4.79 Å². The van der Waals surface area contributed by atoms with E-state index in [1.165, 1.54) is 11.5 Å². The summed E-state index contributed by atoms with van der Waals surface area (Å²) in [5.74, 6) is 4.91. The molecule has 9 heteroatoms. The number of aromatic nitrogens is 2. The van der Waals surface area contributed by atoms with Gasteiger partial charge in [0.05, 0.1) is 16.5 Å². The zero-order valence-corrected chi connectivity index (χ0v) is 22.0. The number of furan rings is 1. The Morgan fingerprint density at radius 1 is 1.03 bits per heavy atom. The van der Waals surface area contributed by atoms with Crippen molar-refractivity contribution < 1.29 is 13.9 Å². The van der Waals surface area contributed by atoms with Gasteiger partial charge in [-0.25, -0.2) is 9.97 Å². The van der Waals surface area contributed by atoms with Gasteiger partial charge >= 0.3 is 0 Å². The zero-order valence-electron chi connectivity index (χ0n) is 20.4. The van der Waals surface area contributed by atoms with Crippen molar-refractivity contribution in [1.29, 1.82) is 0 Å². The summed E-state index contributed by atoms with van der Waals surface area (Å²) in [6, 6.07) is 18.2. The summed E-state index contributed by atoms with van der Waals surface area (Å²) in [5, 5.41) is 4.46. The minimum atomic E-state index is 0.218. The summed E-state index contributed by atoms with van der Waals surface area (Å²) in [6.45, 7) is 2.76. The van der Waals surface area contributed by atoms with Gasteiger partial charge in [-0.2, -0.15) is 0 Å². The molecule has 0 atom stereocenters. The van der Waals surface area contributed by atoms with Gasteiger partial charge in [0, 0.05) is 42.1 Å². The second-order valence-corrected chi connectivity index (χ2v) is 11.9. The van der Waals surface area contributed by atoms with Crippen LogP contribution >= 0.6 is 23.5 Å². The highest BCUT2D eigenvalue weighted by Gasteiger charge is 2.24. The van der Waals surface area contributed by atoms with Crippen LogP contribution in [0, 0.1) is 0 Å². The Labute approximate surface area is 224 Å². The number of nitrogens with one attached hydrogen (secondary N) is 1. The zero-order chi connectivity index (χ0) is 25.0. The van der Waals surface area contributed by atoms with Gasteiger partial charge in [0.1, 0.15) is 30.3 Å². The average molecular weight is 533 g/mol. The van der Waals surface area contributed by atoms with Crippen LogP contribution in [0.3, 0.4) is 0 Å². The fourth-order valence-corrected chi connectivity index (χ4v) is 7.43. The molecule has 2 aliphatic heterocycles. The first-order valence-corrected chi connectivity index (χ1v) is 14.7. The predicted octanol–water partition coefficient (Wildman–Crippen LogP) is 5.78. The van der Waals surface area contributed by atoms with Crippen LogP contribution in [0.2, 0.25) is 0 Å². The van der Waals surface area contributed by atoms with Gasteiger partial charge in [-0.15, -0.1) is 23.5 Å². The van der Waals surface area contributed by atoms with Crippen molar-refractivity contribution in [3.05, 3.63) is 60.9 Å². The quantitative estimate of drug-likeness (QED) is 0.291. The number of amides is 1. The van der Waals surface area contributed by atoms with Crippen LogP contribution < -0.4 is 10.1 Å². The molecule has 1 amide bonds. The van der Waals surface area contributed by atoms with E-state index in [0.29, 0.717) is 29.9 Å². The molecule has 6 rings (SSSR count). The van der Waals surface area contributed by atoms with E-state index in [4.69, 9.17) is 9.15 Å². The topological polar surface area (TPSA) is 80.5 Å². The van der Waals surface area contributed by atoms with Crippen LogP contribution in [0.5, 0.6) is 5.75 Å². The van der Waals surface area contributed by atoms with E-state index in [2.05, 4.69) is 27.4 Å². The van der Waals surface area contributed by atoms with Crippen LogP contribution in [-0.2, 0) is 4.79 Å². The van der Waals surface area contributed by atoms with Gasteiger partial charge in [-0.1, -0.05) is 30.3 Å². The van der Waals surface area contributed by atoms with Crippen molar-refractivity contribution >= 4 is 46.3 Å². The summed E-state index contributed by atoms with van der Waals surface area (Å²) < 4.78 is 12.8. The lowest BCUT2D eigenvalue weighted by atomic mass is 9.99. The number of rotatable bonds is 9. The summed E-state index contributed by atoms with van der Waals surface area (Å²) in [7, 11) is 0. The number of ether oxygens (including phenoxy) is 1. The molecule has 0 saturated carbocycles. The van der Waals surface area contributed by atoms with E-state index in [9.17, 15) is 4.79 Å². The third kappa shape index (κ3) is 5.29. The van der Waals surface area contributed by atoms with Gasteiger partial charge < -0.3 is 19.4 Å². The summed E-state index contributed by atoms with van der Waals surface area (Å²) in [4.78, 5) is 22.8. The molecular formula is C28H28N4O3S2. The molecule has 2 saturated heterocycles. The molecule has 2 aromatic heterocycles. The van der Waals surface area contributed by atoms with E-state index < -0.39 is 0 Å². The highest BCUT2D eigenvalue weighted by atomic mass is 32.2. The largest absolute Gasteiger partial charge is 0.492 e. The van der Waals surface area contributed by atoms with Gasteiger partial charge in [0.15, 0.2) is 0 Å². The molecule has 1 N–H and O–H groups in total. The maximum atomic E-state index is 11.8. The van der Waals surface area contributed by atoms with Crippen LogP contribution in [0.25, 0.3) is 33.6 Å². The maximum Gasteiger partial charge on any atom is 0.232 e. The summed E-state index contributed by atoms with van der Waals surface area (Å²) in [6.07, 6.45) is 3.15. The molecule has 2 aliphatic rings. The molecule has 190 valence electrons. The molecule has 0 bridgehead atoms. The molecule has 2 fully saturated rings. The minimum absolute atomic E-state index is 0.218. The fourth-order valence-electron chi connectivity index (χ4n) is 4.77. The molecule has 7 nitrogen and oxygen atoms in total. The Morgan fingerprint density at radius 3 is 2.59 bits per heavy atom. The monoisotopic (exact) mass is 532 g/mol. The first kappa shape index (κ1) is 24.2. The minimum Gasteiger partial charge on any atom is -0.492 e. The van der Waals surface area contributed by atoms with E-state index in [0.717, 1.165) is 58.9 Å². The molecule has 0 radical (unpaired) electrons. The molecule has 4 aromatic rings. The summed E-state index contributed by atoms with van der Waals surface area (Å²) in [5.41, 5.74) is 3.53. The SMILES string of the molecule is O=C1CCCN1CCOc1ccc(-c2oc3ncnc(NCC4SCCS4)c3c2-c2ccccc2)cc1. The molecule has 37 heavy (non-hydrogen) atoms. The number of benzene rings is 2. The normalized spacial score (nSPS) is 16.1. The van der Waals surface area contributed by atoms with Crippen LogP contribution in [0.1, 0.15) is 12.8 Å². The molecule has 0 spiro atoms. The van der Waals surface area contributed by atoms with Crippen molar-refractivity contribution in [1.82, 2.24) is 14.9 Å². The van der Waals surface area contributed by atoms with E-state index in [1.54, 1.807) is 6.33 Å². The van der Waals surface area contributed by atoms with Crippen molar-refractivity contribution in [2.75, 3.05) is 43.1 Å². The van der Waals surface area contributed by atoms with Crippen molar-refractivity contribution in [3.8, 4) is 28.2 Å². The summed E-state index contributed by atoms with van der Waals surface area (Å²) >= 11 is 3.97. The second kappa shape index (κ2) is 11.1. The van der Waals surface area contributed by atoms with Crippen molar-refractivity contribution in [3.63, 3.8) is 0 Å². The number of fused-ring (bicyclic) bond motifs is 1. The molecule has 2 aromatic carbocycles. The lowest BCUT2D eigenvalue weighted by molar-refractivity contribution is -0.128. The predicted molar refractivity (Wildman–Crippen MR) is 151 cm³/mol. The Balaban J connectivity index is 1.29. The van der Waals surface area contributed by atoms with Crippen molar-refractivity contribution in [2.24, 2.45) is 0 Å². The number of nitrogens with zero attached hydrogens (tertiary/aromatic N) is 3. The molecular weight excluding hydrogens is 504 g/mol. The fraction of sp³-hybridized carbons (Fsp3) is 0.321. The lowest BCUT2D eigenvalue weighted by Gasteiger charge is -2.15. The van der Waals surface area contributed by atoms with E-state index in [-0.39, 0.29) is 5.91 Å². The smallest absolute Gasteiger partial charge is 0.232 e. The van der Waals surface area contributed by atoms with Crippen LogP contribution in [0.4, 0.5) is 5.82 Å². The third-order valence-corrected chi connectivity index (χ3v) is 9.63. The molecule has 0 aliphatic carbocycles. The van der Waals surface area contributed by atoms with E-state index >= 15 is 0 Å². The lowest BCUT2D eigenvalue weighted by Crippen LogP contribution is -2.29. The number of thioether (sulfide) groups is 2. The number of hydrogen-bond donors (Lipinski definition) is 1. The number of carbonyl (C=O) groups excluding carboxylic acids is 1. The first-order chi connectivity index (χ1) is 18.3. The highest BCUT2D eigenvalue weighted by Crippen LogP contribution is 2.43. The number of anilines is 1. The Kier molecular flexibility index (Phi) is 7.23. The molecule has 4 heterocycles. The third-order valence-electron chi connectivity index (χ3n) is 6.60. The van der Waals surface area contributed by atoms with Crippen molar-refractivity contribution in [2.45, 2.75) is 17.4 Å². The second-order valence-electron chi connectivity index (χ2n) is 8.98. The number of likely N-dealkylation sites (tertiary alicyclic amines) is 1. The Morgan fingerprint density at radius 2 is 1.84 bits per heavy atom. The maximum absolute atomic E-state index is 11.8. The Hall–Kier alpha value is -3.17. The van der Waals surface area contributed by atoms with Gasteiger partial charge in [-0.05, 0) is 36.2 Å². The highest BCUT2D eigenvalue weighted by molar-refractivity contribution is 8.20. The van der Waals surface area contributed by atoms with Gasteiger partial charge in [0.25, 0.3) is 0 Å². The van der Waals surface area contributed by atoms with E-state index in [1.807, 2.05) is 70.9 Å². The van der Waals surface area contributed by atoms with Gasteiger partial charge in [0.2, 0.25) is 11.6 Å². The number of hydrogen-bond acceptors (Lipinski definition) is 8. The Bertz CT molecular complexity index is 1370. The first-order valence-electron chi connectivity index (χ1n) is 12.6. The molecule has 0 unspecified atom stereocenters.